The highest BCUT2D eigenvalue weighted by Gasteiger charge is 2.10. The van der Waals surface area contributed by atoms with Crippen molar-refractivity contribution in [3.8, 4) is 6.07 Å². The lowest BCUT2D eigenvalue weighted by atomic mass is 10.2. The summed E-state index contributed by atoms with van der Waals surface area (Å²) in [6.45, 7) is 0. The third-order valence-corrected chi connectivity index (χ3v) is 2.98. The zero-order valence-corrected chi connectivity index (χ0v) is 10.8. The summed E-state index contributed by atoms with van der Waals surface area (Å²) in [6, 6.07) is 10.3. The molecule has 0 aliphatic heterocycles. The van der Waals surface area contributed by atoms with Gasteiger partial charge >= 0.3 is 0 Å². The standard InChI is InChI=1S/C12H7IN2O2/c13-9-6-8(7-14)3-4-10(9)15-12(16)11-2-1-5-17-11/h1-6H,(H,15,16). The zero-order chi connectivity index (χ0) is 12.3. The van der Waals surface area contributed by atoms with Crippen molar-refractivity contribution in [3.63, 3.8) is 0 Å². The molecule has 84 valence electrons. The lowest BCUT2D eigenvalue weighted by Crippen LogP contribution is -2.11. The third kappa shape index (κ3) is 2.65. The molecule has 4 nitrogen and oxygen atoms in total. The Hall–Kier alpha value is -1.81. The van der Waals surface area contributed by atoms with Crippen molar-refractivity contribution < 1.29 is 9.21 Å². The van der Waals surface area contributed by atoms with Gasteiger partial charge in [0, 0.05) is 3.57 Å². The molecule has 5 heteroatoms. The van der Waals surface area contributed by atoms with Gasteiger partial charge in [-0.15, -0.1) is 0 Å². The molecule has 2 aromatic rings. The van der Waals surface area contributed by atoms with Crippen LogP contribution < -0.4 is 5.32 Å². The number of furan rings is 1. The van der Waals surface area contributed by atoms with E-state index in [2.05, 4.69) is 27.9 Å². The molecule has 1 amide bonds. The molecule has 0 saturated carbocycles. The largest absolute Gasteiger partial charge is 0.459 e. The maximum atomic E-state index is 11.7. The summed E-state index contributed by atoms with van der Waals surface area (Å²) >= 11 is 2.06. The number of nitrogens with zero attached hydrogens (tertiary/aromatic N) is 1. The predicted molar refractivity (Wildman–Crippen MR) is 70.5 cm³/mol. The minimum Gasteiger partial charge on any atom is -0.459 e. The molecule has 1 N–H and O–H groups in total. The van der Waals surface area contributed by atoms with E-state index >= 15 is 0 Å². The van der Waals surface area contributed by atoms with Crippen LogP contribution in [-0.2, 0) is 0 Å². The number of hydrogen-bond donors (Lipinski definition) is 1. The molecule has 0 aliphatic rings. The van der Waals surface area contributed by atoms with Gasteiger partial charge in [-0.1, -0.05) is 0 Å². The summed E-state index contributed by atoms with van der Waals surface area (Å²) in [4.78, 5) is 11.7. The second-order valence-corrected chi connectivity index (χ2v) is 4.40. The minimum atomic E-state index is -0.308. The van der Waals surface area contributed by atoms with Crippen LogP contribution >= 0.6 is 22.6 Å². The fraction of sp³-hybridized carbons (Fsp3) is 0. The van der Waals surface area contributed by atoms with Crippen molar-refractivity contribution in [2.75, 3.05) is 5.32 Å². The van der Waals surface area contributed by atoms with Crippen LogP contribution in [0.3, 0.4) is 0 Å². The van der Waals surface area contributed by atoms with Gasteiger partial charge in [0.15, 0.2) is 5.76 Å². The first kappa shape index (κ1) is 11.7. The van der Waals surface area contributed by atoms with E-state index in [0.29, 0.717) is 11.3 Å². The first-order chi connectivity index (χ1) is 8.20. The monoisotopic (exact) mass is 338 g/mol. The molecule has 0 aliphatic carbocycles. The summed E-state index contributed by atoms with van der Waals surface area (Å²) in [7, 11) is 0. The minimum absolute atomic E-state index is 0.255. The van der Waals surface area contributed by atoms with Crippen molar-refractivity contribution in [1.29, 1.82) is 5.26 Å². The van der Waals surface area contributed by atoms with Gasteiger partial charge in [-0.25, -0.2) is 0 Å². The molecule has 1 heterocycles. The molecule has 0 spiro atoms. The number of carbonyl (C=O) groups is 1. The van der Waals surface area contributed by atoms with Crippen molar-refractivity contribution >= 4 is 34.2 Å². The van der Waals surface area contributed by atoms with Gasteiger partial charge in [-0.3, -0.25) is 4.79 Å². The molecule has 2 rings (SSSR count). The van der Waals surface area contributed by atoms with Gasteiger partial charge in [0.2, 0.25) is 0 Å². The summed E-state index contributed by atoms with van der Waals surface area (Å²) in [6.07, 6.45) is 1.44. The molecule has 1 aromatic carbocycles. The number of anilines is 1. The highest BCUT2D eigenvalue weighted by molar-refractivity contribution is 14.1. The number of nitriles is 1. The van der Waals surface area contributed by atoms with Crippen molar-refractivity contribution in [2.45, 2.75) is 0 Å². The van der Waals surface area contributed by atoms with Crippen LogP contribution in [0.4, 0.5) is 5.69 Å². The maximum Gasteiger partial charge on any atom is 0.291 e. The first-order valence-electron chi connectivity index (χ1n) is 4.75. The second-order valence-electron chi connectivity index (χ2n) is 3.24. The Kier molecular flexibility index (Phi) is 3.44. The molecule has 0 radical (unpaired) electrons. The number of carbonyl (C=O) groups excluding carboxylic acids is 1. The quantitative estimate of drug-likeness (QED) is 0.856. The van der Waals surface area contributed by atoms with Gasteiger partial charge < -0.3 is 9.73 Å². The van der Waals surface area contributed by atoms with Gasteiger partial charge in [0.25, 0.3) is 5.91 Å². The number of hydrogen-bond acceptors (Lipinski definition) is 3. The zero-order valence-electron chi connectivity index (χ0n) is 8.61. The normalized spacial score (nSPS) is 9.65. The van der Waals surface area contributed by atoms with Gasteiger partial charge in [0.1, 0.15) is 0 Å². The fourth-order valence-electron chi connectivity index (χ4n) is 1.28. The summed E-state index contributed by atoms with van der Waals surface area (Å²) in [5.74, 6) is -0.0530. The Labute approximate surface area is 111 Å². The van der Waals surface area contributed by atoms with Crippen LogP contribution in [0, 0.1) is 14.9 Å². The van der Waals surface area contributed by atoms with E-state index in [4.69, 9.17) is 9.68 Å². The van der Waals surface area contributed by atoms with Crippen LogP contribution in [0.5, 0.6) is 0 Å². The van der Waals surface area contributed by atoms with E-state index in [1.807, 2.05) is 6.07 Å². The van der Waals surface area contributed by atoms with E-state index in [9.17, 15) is 4.79 Å². The number of rotatable bonds is 2. The Bertz CT molecular complexity index is 585. The molecular weight excluding hydrogens is 331 g/mol. The van der Waals surface area contributed by atoms with E-state index in [1.54, 1.807) is 30.3 Å². The smallest absolute Gasteiger partial charge is 0.291 e. The van der Waals surface area contributed by atoms with Gasteiger partial charge in [0.05, 0.1) is 23.6 Å². The first-order valence-corrected chi connectivity index (χ1v) is 5.83. The van der Waals surface area contributed by atoms with E-state index < -0.39 is 0 Å². The topological polar surface area (TPSA) is 66.0 Å². The summed E-state index contributed by atoms with van der Waals surface area (Å²) < 4.78 is 5.79. The Balaban J connectivity index is 2.20. The molecule has 0 atom stereocenters. The van der Waals surface area contributed by atoms with Crippen molar-refractivity contribution in [3.05, 3.63) is 51.5 Å². The average Bonchev–Trinajstić information content (AvgIpc) is 2.85. The van der Waals surface area contributed by atoms with E-state index in [0.717, 1.165) is 3.57 Å². The molecule has 0 fully saturated rings. The maximum absolute atomic E-state index is 11.7. The Morgan fingerprint density at radius 3 is 2.82 bits per heavy atom. The number of benzene rings is 1. The van der Waals surface area contributed by atoms with Crippen LogP contribution in [0.25, 0.3) is 0 Å². The molecule has 0 bridgehead atoms. The van der Waals surface area contributed by atoms with Crippen LogP contribution in [0.2, 0.25) is 0 Å². The summed E-state index contributed by atoms with van der Waals surface area (Å²) in [5, 5.41) is 11.4. The second kappa shape index (κ2) is 5.01. The lowest BCUT2D eigenvalue weighted by molar-refractivity contribution is 0.0996. The Morgan fingerprint density at radius 2 is 2.24 bits per heavy atom. The van der Waals surface area contributed by atoms with E-state index in [1.165, 1.54) is 6.26 Å². The molecular formula is C12H7IN2O2. The molecule has 0 saturated heterocycles. The van der Waals surface area contributed by atoms with Crippen LogP contribution in [-0.4, -0.2) is 5.91 Å². The lowest BCUT2D eigenvalue weighted by Gasteiger charge is -2.05. The van der Waals surface area contributed by atoms with Crippen LogP contribution in [0.1, 0.15) is 16.1 Å². The highest BCUT2D eigenvalue weighted by atomic mass is 127. The molecule has 17 heavy (non-hydrogen) atoms. The van der Waals surface area contributed by atoms with E-state index in [-0.39, 0.29) is 11.7 Å². The molecule has 0 unspecified atom stereocenters. The number of halogens is 1. The fourth-order valence-corrected chi connectivity index (χ4v) is 1.93. The highest BCUT2D eigenvalue weighted by Crippen LogP contribution is 2.20. The molecule has 1 aromatic heterocycles. The number of nitrogens with one attached hydrogen (secondary N) is 1. The van der Waals surface area contributed by atoms with Crippen molar-refractivity contribution in [2.24, 2.45) is 0 Å². The van der Waals surface area contributed by atoms with Crippen molar-refractivity contribution in [1.82, 2.24) is 0 Å². The van der Waals surface area contributed by atoms with Crippen LogP contribution in [0.15, 0.2) is 41.0 Å². The van der Waals surface area contributed by atoms with Gasteiger partial charge in [-0.05, 0) is 52.9 Å². The average molecular weight is 338 g/mol. The SMILES string of the molecule is N#Cc1ccc(NC(=O)c2ccco2)c(I)c1. The third-order valence-electron chi connectivity index (χ3n) is 2.09. The Morgan fingerprint density at radius 1 is 1.41 bits per heavy atom. The van der Waals surface area contributed by atoms with Gasteiger partial charge in [-0.2, -0.15) is 5.26 Å². The predicted octanol–water partition coefficient (Wildman–Crippen LogP) is 3.01. The summed E-state index contributed by atoms with van der Waals surface area (Å²) in [5.41, 5.74) is 1.22. The number of amides is 1.